The van der Waals surface area contributed by atoms with Gasteiger partial charge >= 0.3 is 0 Å². The molecule has 1 heterocycles. The van der Waals surface area contributed by atoms with Gasteiger partial charge in [-0.25, -0.2) is 4.98 Å². The van der Waals surface area contributed by atoms with E-state index in [0.717, 1.165) is 24.4 Å². The number of para-hydroxylation sites is 2. The summed E-state index contributed by atoms with van der Waals surface area (Å²) in [5, 5.41) is 3.14. The van der Waals surface area contributed by atoms with E-state index in [1.807, 2.05) is 13.1 Å². The molecule has 2 rings (SSSR count). The highest BCUT2D eigenvalue weighted by atomic mass is 35.5. The average molecular weight is 262 g/mol. The molecule has 0 amide bonds. The van der Waals surface area contributed by atoms with E-state index in [-0.39, 0.29) is 24.8 Å². The van der Waals surface area contributed by atoms with Gasteiger partial charge in [0.05, 0.1) is 17.6 Å². The Morgan fingerprint density at radius 2 is 1.94 bits per heavy atom. The third-order valence-electron chi connectivity index (χ3n) is 2.38. The van der Waals surface area contributed by atoms with Crippen LogP contribution < -0.4 is 5.32 Å². The number of hydrogen-bond acceptors (Lipinski definition) is 2. The predicted molar refractivity (Wildman–Crippen MR) is 72.7 cm³/mol. The van der Waals surface area contributed by atoms with E-state index in [0.29, 0.717) is 0 Å². The molecule has 0 aliphatic rings. The molecule has 5 heteroatoms. The Labute approximate surface area is 108 Å². The van der Waals surface area contributed by atoms with E-state index >= 15 is 0 Å². The largest absolute Gasteiger partial charge is 0.327 e. The van der Waals surface area contributed by atoms with Crippen molar-refractivity contribution >= 4 is 35.8 Å². The first-order chi connectivity index (χ1) is 6.86. The van der Waals surface area contributed by atoms with Crippen molar-refractivity contribution < 1.29 is 0 Å². The second-order valence-electron chi connectivity index (χ2n) is 3.29. The number of halogens is 2. The van der Waals surface area contributed by atoms with Gasteiger partial charge in [-0.15, -0.1) is 24.8 Å². The molecule has 0 aliphatic heterocycles. The Balaban J connectivity index is 0.00000112. The van der Waals surface area contributed by atoms with Gasteiger partial charge in [0.15, 0.2) is 0 Å². The highest BCUT2D eigenvalue weighted by molar-refractivity contribution is 5.85. The van der Waals surface area contributed by atoms with Crippen molar-refractivity contribution in [3.8, 4) is 0 Å². The second-order valence-corrected chi connectivity index (χ2v) is 3.29. The number of nitrogens with one attached hydrogen (secondary N) is 1. The standard InChI is InChI=1S/C11H15N3.2ClH/c1-3-14-10-7-5-4-6-9(10)13-11(14)8-12-2;;/h4-7,12H,3,8H2,1-2H3;2*1H. The fourth-order valence-electron chi connectivity index (χ4n) is 1.77. The summed E-state index contributed by atoms with van der Waals surface area (Å²) < 4.78 is 2.24. The molecule has 1 N–H and O–H groups in total. The summed E-state index contributed by atoms with van der Waals surface area (Å²) in [6, 6.07) is 8.25. The summed E-state index contributed by atoms with van der Waals surface area (Å²) in [5.74, 6) is 1.11. The van der Waals surface area contributed by atoms with E-state index in [9.17, 15) is 0 Å². The SMILES string of the molecule is CCn1c(CNC)nc2ccccc21.Cl.Cl. The van der Waals surface area contributed by atoms with Crippen LogP contribution in [0.5, 0.6) is 0 Å². The summed E-state index contributed by atoms with van der Waals surface area (Å²) in [6.45, 7) is 3.94. The number of rotatable bonds is 3. The molecule has 0 radical (unpaired) electrons. The van der Waals surface area contributed by atoms with Gasteiger partial charge in [-0.05, 0) is 26.1 Å². The molecule has 2 aromatic rings. The van der Waals surface area contributed by atoms with Gasteiger partial charge in [0.2, 0.25) is 0 Å². The fraction of sp³-hybridized carbons (Fsp3) is 0.364. The maximum atomic E-state index is 4.57. The van der Waals surface area contributed by atoms with Crippen molar-refractivity contribution in [1.82, 2.24) is 14.9 Å². The molecular formula is C11H17Cl2N3. The van der Waals surface area contributed by atoms with Crippen molar-refractivity contribution in [2.75, 3.05) is 7.05 Å². The summed E-state index contributed by atoms with van der Waals surface area (Å²) in [5.41, 5.74) is 2.31. The Morgan fingerprint density at radius 3 is 2.56 bits per heavy atom. The van der Waals surface area contributed by atoms with Crippen molar-refractivity contribution in [1.29, 1.82) is 0 Å². The first kappa shape index (κ1) is 15.2. The third-order valence-corrected chi connectivity index (χ3v) is 2.38. The summed E-state index contributed by atoms with van der Waals surface area (Å²) >= 11 is 0. The molecular weight excluding hydrogens is 245 g/mol. The van der Waals surface area contributed by atoms with Gasteiger partial charge < -0.3 is 9.88 Å². The minimum Gasteiger partial charge on any atom is -0.327 e. The van der Waals surface area contributed by atoms with Crippen LogP contribution in [0.25, 0.3) is 11.0 Å². The van der Waals surface area contributed by atoms with Crippen molar-refractivity contribution in [3.05, 3.63) is 30.1 Å². The van der Waals surface area contributed by atoms with Crippen LogP contribution in [0.15, 0.2) is 24.3 Å². The third kappa shape index (κ3) is 2.67. The Kier molecular flexibility index (Phi) is 6.41. The molecule has 3 nitrogen and oxygen atoms in total. The van der Waals surface area contributed by atoms with Crippen LogP contribution in [-0.4, -0.2) is 16.6 Å². The van der Waals surface area contributed by atoms with Crippen LogP contribution >= 0.6 is 24.8 Å². The monoisotopic (exact) mass is 261 g/mol. The maximum Gasteiger partial charge on any atom is 0.123 e. The van der Waals surface area contributed by atoms with E-state index < -0.39 is 0 Å². The number of nitrogens with zero attached hydrogens (tertiary/aromatic N) is 2. The number of imidazole rings is 1. The molecule has 1 aromatic heterocycles. The van der Waals surface area contributed by atoms with Crippen LogP contribution in [0.1, 0.15) is 12.7 Å². The van der Waals surface area contributed by atoms with Gasteiger partial charge in [0.1, 0.15) is 5.82 Å². The molecule has 0 saturated carbocycles. The minimum atomic E-state index is 0. The van der Waals surface area contributed by atoms with Crippen LogP contribution in [0.3, 0.4) is 0 Å². The van der Waals surface area contributed by atoms with E-state index in [2.05, 4.69) is 40.0 Å². The molecule has 16 heavy (non-hydrogen) atoms. The van der Waals surface area contributed by atoms with Gasteiger partial charge in [0, 0.05) is 6.54 Å². The molecule has 0 fully saturated rings. The quantitative estimate of drug-likeness (QED) is 0.921. The molecule has 0 atom stereocenters. The van der Waals surface area contributed by atoms with Gasteiger partial charge in [-0.2, -0.15) is 0 Å². The lowest BCUT2D eigenvalue weighted by Crippen LogP contribution is -2.11. The smallest absolute Gasteiger partial charge is 0.123 e. The molecule has 90 valence electrons. The fourth-order valence-corrected chi connectivity index (χ4v) is 1.77. The molecule has 1 aromatic carbocycles. The first-order valence-electron chi connectivity index (χ1n) is 4.95. The Hall–Kier alpha value is -0.770. The van der Waals surface area contributed by atoms with E-state index in [4.69, 9.17) is 0 Å². The predicted octanol–water partition coefficient (Wildman–Crippen LogP) is 2.62. The lowest BCUT2D eigenvalue weighted by molar-refractivity contribution is 0.670. The van der Waals surface area contributed by atoms with E-state index in [1.54, 1.807) is 0 Å². The zero-order valence-corrected chi connectivity index (χ0v) is 11.1. The van der Waals surface area contributed by atoms with Crippen molar-refractivity contribution in [2.45, 2.75) is 20.0 Å². The number of fused-ring (bicyclic) bond motifs is 1. The molecule has 0 saturated heterocycles. The van der Waals surface area contributed by atoms with E-state index in [1.165, 1.54) is 5.52 Å². The molecule has 0 bridgehead atoms. The second kappa shape index (κ2) is 6.74. The Morgan fingerprint density at radius 1 is 1.25 bits per heavy atom. The maximum absolute atomic E-state index is 4.57. The summed E-state index contributed by atoms with van der Waals surface area (Å²) in [4.78, 5) is 4.57. The van der Waals surface area contributed by atoms with Crippen molar-refractivity contribution in [2.24, 2.45) is 0 Å². The van der Waals surface area contributed by atoms with Crippen LogP contribution in [0.2, 0.25) is 0 Å². The summed E-state index contributed by atoms with van der Waals surface area (Å²) in [6.07, 6.45) is 0. The van der Waals surface area contributed by atoms with Crippen LogP contribution in [0, 0.1) is 0 Å². The van der Waals surface area contributed by atoms with Gasteiger partial charge in [-0.1, -0.05) is 12.1 Å². The minimum absolute atomic E-state index is 0. The summed E-state index contributed by atoms with van der Waals surface area (Å²) in [7, 11) is 1.94. The average Bonchev–Trinajstić information content (AvgIpc) is 2.55. The van der Waals surface area contributed by atoms with Crippen molar-refractivity contribution in [3.63, 3.8) is 0 Å². The van der Waals surface area contributed by atoms with Crippen LogP contribution in [0.4, 0.5) is 0 Å². The zero-order chi connectivity index (χ0) is 9.97. The number of hydrogen-bond donors (Lipinski definition) is 1. The first-order valence-corrected chi connectivity index (χ1v) is 4.95. The lowest BCUT2D eigenvalue weighted by atomic mass is 10.3. The normalized spacial score (nSPS) is 9.62. The number of aromatic nitrogens is 2. The van der Waals surface area contributed by atoms with Gasteiger partial charge in [-0.3, -0.25) is 0 Å². The number of aryl methyl sites for hydroxylation is 1. The number of benzene rings is 1. The van der Waals surface area contributed by atoms with Crippen LogP contribution in [-0.2, 0) is 13.1 Å². The highest BCUT2D eigenvalue weighted by Gasteiger charge is 2.06. The molecule has 0 aliphatic carbocycles. The lowest BCUT2D eigenvalue weighted by Gasteiger charge is -2.04. The zero-order valence-electron chi connectivity index (χ0n) is 9.43. The highest BCUT2D eigenvalue weighted by Crippen LogP contribution is 2.15. The Bertz CT molecular complexity index is 440. The van der Waals surface area contributed by atoms with Gasteiger partial charge in [0.25, 0.3) is 0 Å². The topological polar surface area (TPSA) is 29.9 Å². The molecule has 0 spiro atoms. The molecule has 0 unspecified atom stereocenters.